The molecule has 1 aromatic rings. The molecule has 1 aromatic carbocycles. The summed E-state index contributed by atoms with van der Waals surface area (Å²) < 4.78 is 0. The molecule has 31 heavy (non-hydrogen) atoms. The number of amides is 3. The molecule has 166 valence electrons. The molecule has 1 unspecified atom stereocenters. The van der Waals surface area contributed by atoms with Gasteiger partial charge in [-0.3, -0.25) is 4.79 Å². The van der Waals surface area contributed by atoms with Crippen LogP contribution in [0.1, 0.15) is 38.7 Å². The van der Waals surface area contributed by atoms with Crippen LogP contribution >= 0.6 is 0 Å². The summed E-state index contributed by atoms with van der Waals surface area (Å²) in [6.45, 7) is 4.57. The molecule has 4 N–H and O–H groups in total. The maximum absolute atomic E-state index is 12.8. The summed E-state index contributed by atoms with van der Waals surface area (Å²) in [4.78, 5) is 26.9. The van der Waals surface area contributed by atoms with E-state index >= 15 is 0 Å². The van der Waals surface area contributed by atoms with Crippen LogP contribution < -0.4 is 10.6 Å². The largest absolute Gasteiger partial charge is 0.475 e. The average Bonchev–Trinajstić information content (AvgIpc) is 2.75. The topological polar surface area (TPSA) is 126 Å². The zero-order valence-corrected chi connectivity index (χ0v) is 18.1. The van der Waals surface area contributed by atoms with Crippen LogP contribution in [0.25, 0.3) is 0 Å². The highest BCUT2D eigenvalue weighted by Gasteiger charge is 2.30. The van der Waals surface area contributed by atoms with E-state index in [9.17, 15) is 24.9 Å². The summed E-state index contributed by atoms with van der Waals surface area (Å²) in [5.74, 6) is -1.10. The fourth-order valence-electron chi connectivity index (χ4n) is 3.65. The SMILES string of the molecule is CC(C)C=C(C#N)C(=O)N1CCCCC1CNC(=O)N[C@@H](Cc1ccccc1)B(O)O. The molecule has 1 aliphatic rings. The van der Waals surface area contributed by atoms with Crippen LogP contribution in [0.15, 0.2) is 42.0 Å². The Hall–Kier alpha value is -2.83. The van der Waals surface area contributed by atoms with Gasteiger partial charge in [-0.15, -0.1) is 0 Å². The standard InChI is InChI=1S/C22H31BN4O4/c1-16(2)12-18(14-24)21(28)27-11-7-6-10-19(27)15-25-22(29)26-20(23(30)31)13-17-8-4-3-5-9-17/h3-5,8-9,12,16,19-20,30-31H,6-7,10-11,13,15H2,1-2H3,(H2,25,26,29)/t19?,20-/m0/s1. The zero-order valence-electron chi connectivity index (χ0n) is 18.1. The van der Waals surface area contributed by atoms with Crippen molar-refractivity contribution in [3.05, 3.63) is 47.5 Å². The van der Waals surface area contributed by atoms with E-state index in [1.54, 1.807) is 11.0 Å². The minimum atomic E-state index is -1.71. The lowest BCUT2D eigenvalue weighted by Gasteiger charge is -2.36. The minimum Gasteiger partial charge on any atom is -0.426 e. The van der Waals surface area contributed by atoms with Gasteiger partial charge >= 0.3 is 13.1 Å². The first-order valence-corrected chi connectivity index (χ1v) is 10.7. The van der Waals surface area contributed by atoms with Crippen LogP contribution in [0.4, 0.5) is 4.79 Å². The molecule has 0 spiro atoms. The fourth-order valence-corrected chi connectivity index (χ4v) is 3.65. The van der Waals surface area contributed by atoms with E-state index in [-0.39, 0.29) is 36.4 Å². The predicted octanol–water partition coefficient (Wildman–Crippen LogP) is 1.40. The van der Waals surface area contributed by atoms with Crippen LogP contribution in [0.2, 0.25) is 0 Å². The average molecular weight is 426 g/mol. The van der Waals surface area contributed by atoms with Crippen LogP contribution in [-0.4, -0.2) is 59.1 Å². The van der Waals surface area contributed by atoms with Gasteiger partial charge in [0, 0.05) is 19.1 Å². The number of benzene rings is 1. The maximum Gasteiger partial charge on any atom is 0.475 e. The van der Waals surface area contributed by atoms with Crippen molar-refractivity contribution in [1.82, 2.24) is 15.5 Å². The monoisotopic (exact) mass is 426 g/mol. The van der Waals surface area contributed by atoms with Gasteiger partial charge in [-0.2, -0.15) is 5.26 Å². The zero-order chi connectivity index (χ0) is 22.8. The number of piperidine rings is 1. The molecule has 0 bridgehead atoms. The van der Waals surface area contributed by atoms with Crippen molar-refractivity contribution in [3.8, 4) is 6.07 Å². The van der Waals surface area contributed by atoms with Gasteiger partial charge in [-0.25, -0.2) is 4.79 Å². The highest BCUT2D eigenvalue weighted by molar-refractivity contribution is 6.43. The lowest BCUT2D eigenvalue weighted by molar-refractivity contribution is -0.130. The number of carbonyl (C=O) groups is 2. The number of nitrogens with zero attached hydrogens (tertiary/aromatic N) is 2. The molecule has 1 saturated heterocycles. The molecule has 0 saturated carbocycles. The maximum atomic E-state index is 12.8. The number of hydrogen-bond acceptors (Lipinski definition) is 5. The van der Waals surface area contributed by atoms with Crippen molar-refractivity contribution < 1.29 is 19.6 Å². The Bertz CT molecular complexity index is 807. The van der Waals surface area contributed by atoms with Gasteiger partial charge in [0.05, 0.1) is 5.94 Å². The van der Waals surface area contributed by atoms with Crippen molar-refractivity contribution >= 4 is 19.1 Å². The number of urea groups is 1. The van der Waals surface area contributed by atoms with E-state index in [0.717, 1.165) is 24.8 Å². The number of hydrogen-bond donors (Lipinski definition) is 4. The van der Waals surface area contributed by atoms with Crippen molar-refractivity contribution in [2.75, 3.05) is 13.1 Å². The highest BCUT2D eigenvalue weighted by atomic mass is 16.4. The van der Waals surface area contributed by atoms with Gasteiger partial charge in [0.2, 0.25) is 0 Å². The molecular weight excluding hydrogens is 395 g/mol. The molecule has 2 atom stereocenters. The van der Waals surface area contributed by atoms with Crippen LogP contribution in [0, 0.1) is 17.2 Å². The number of allylic oxidation sites excluding steroid dienone is 1. The highest BCUT2D eigenvalue weighted by Crippen LogP contribution is 2.19. The lowest BCUT2D eigenvalue weighted by Crippen LogP contribution is -2.54. The van der Waals surface area contributed by atoms with E-state index in [1.165, 1.54) is 0 Å². The molecule has 9 heteroatoms. The van der Waals surface area contributed by atoms with Crippen molar-refractivity contribution in [2.45, 2.75) is 51.5 Å². The Morgan fingerprint density at radius 3 is 2.61 bits per heavy atom. The second-order valence-electron chi connectivity index (χ2n) is 8.15. The Morgan fingerprint density at radius 1 is 1.29 bits per heavy atom. The minimum absolute atomic E-state index is 0.0807. The summed E-state index contributed by atoms with van der Waals surface area (Å²) in [6.07, 6.45) is 4.43. The molecule has 1 fully saturated rings. The first kappa shape index (κ1) is 24.4. The normalized spacial score (nSPS) is 17.6. The first-order chi connectivity index (χ1) is 14.8. The lowest BCUT2D eigenvalue weighted by atomic mass is 9.76. The Morgan fingerprint density at radius 2 is 2.00 bits per heavy atom. The molecule has 1 aliphatic heterocycles. The molecule has 0 aliphatic carbocycles. The third-order valence-electron chi connectivity index (χ3n) is 5.21. The van der Waals surface area contributed by atoms with E-state index in [4.69, 9.17) is 0 Å². The second kappa shape index (κ2) is 12.1. The van der Waals surface area contributed by atoms with Gasteiger partial charge in [0.25, 0.3) is 5.91 Å². The van der Waals surface area contributed by atoms with E-state index in [2.05, 4.69) is 10.6 Å². The molecular formula is C22H31BN4O4. The third kappa shape index (κ3) is 7.74. The summed E-state index contributed by atoms with van der Waals surface area (Å²) in [6, 6.07) is 10.5. The predicted molar refractivity (Wildman–Crippen MR) is 119 cm³/mol. The van der Waals surface area contributed by atoms with E-state index < -0.39 is 19.1 Å². The number of likely N-dealkylation sites (tertiary alicyclic amines) is 1. The number of nitriles is 1. The number of rotatable bonds is 8. The second-order valence-corrected chi connectivity index (χ2v) is 8.15. The van der Waals surface area contributed by atoms with Gasteiger partial charge in [-0.1, -0.05) is 50.3 Å². The number of carbonyl (C=O) groups excluding carboxylic acids is 2. The Balaban J connectivity index is 1.96. The van der Waals surface area contributed by atoms with Crippen molar-refractivity contribution in [2.24, 2.45) is 5.92 Å². The van der Waals surface area contributed by atoms with E-state index in [0.29, 0.717) is 6.54 Å². The first-order valence-electron chi connectivity index (χ1n) is 10.7. The molecule has 2 rings (SSSR count). The van der Waals surface area contributed by atoms with Crippen molar-refractivity contribution in [1.29, 1.82) is 5.26 Å². The van der Waals surface area contributed by atoms with Gasteiger partial charge in [-0.05, 0) is 37.2 Å². The fraction of sp³-hybridized carbons (Fsp3) is 0.500. The van der Waals surface area contributed by atoms with Crippen molar-refractivity contribution in [3.63, 3.8) is 0 Å². The molecule has 8 nitrogen and oxygen atoms in total. The third-order valence-corrected chi connectivity index (χ3v) is 5.21. The smallest absolute Gasteiger partial charge is 0.426 e. The number of nitrogens with one attached hydrogen (secondary N) is 2. The molecule has 0 radical (unpaired) electrons. The van der Waals surface area contributed by atoms with Gasteiger partial charge in [0.15, 0.2) is 0 Å². The Kier molecular flexibility index (Phi) is 9.57. The molecule has 3 amide bonds. The summed E-state index contributed by atoms with van der Waals surface area (Å²) >= 11 is 0. The van der Waals surface area contributed by atoms with E-state index in [1.807, 2.05) is 50.2 Å². The summed E-state index contributed by atoms with van der Waals surface area (Å²) in [5, 5.41) is 34.0. The van der Waals surface area contributed by atoms with Gasteiger partial charge < -0.3 is 25.6 Å². The Labute approximate surface area is 184 Å². The van der Waals surface area contributed by atoms with Crippen LogP contribution in [0.3, 0.4) is 0 Å². The van der Waals surface area contributed by atoms with Crippen LogP contribution in [-0.2, 0) is 11.2 Å². The quantitative estimate of drug-likeness (QED) is 0.284. The van der Waals surface area contributed by atoms with Gasteiger partial charge in [0.1, 0.15) is 11.6 Å². The summed E-state index contributed by atoms with van der Waals surface area (Å²) in [7, 11) is -1.71. The van der Waals surface area contributed by atoms with Crippen LogP contribution in [0.5, 0.6) is 0 Å². The molecule has 0 aromatic heterocycles. The molecule has 1 heterocycles. The summed E-state index contributed by atoms with van der Waals surface area (Å²) in [5.41, 5.74) is 0.989.